The lowest BCUT2D eigenvalue weighted by Gasteiger charge is -2.08. The lowest BCUT2D eigenvalue weighted by atomic mass is 10.1. The minimum absolute atomic E-state index is 0.206. The second-order valence-corrected chi connectivity index (χ2v) is 7.61. The zero-order chi connectivity index (χ0) is 23.5. The molecule has 0 bridgehead atoms. The van der Waals surface area contributed by atoms with Gasteiger partial charge in [0.25, 0.3) is 11.5 Å². The molecule has 170 valence electrons. The molecule has 0 spiro atoms. The number of H-pyrrole nitrogens is 1. The van der Waals surface area contributed by atoms with E-state index < -0.39 is 0 Å². The molecule has 4 rings (SSSR count). The third kappa shape index (κ3) is 4.57. The van der Waals surface area contributed by atoms with Gasteiger partial charge in [-0.3, -0.25) is 18.7 Å². The molecular formula is C24H23FN4O4. The van der Waals surface area contributed by atoms with Gasteiger partial charge in [0.05, 0.1) is 5.52 Å². The van der Waals surface area contributed by atoms with Gasteiger partial charge in [-0.05, 0) is 66.6 Å². The topological polar surface area (TPSA) is 98.1 Å². The summed E-state index contributed by atoms with van der Waals surface area (Å²) in [5, 5.41) is 2.63. The molecule has 0 fully saturated rings. The van der Waals surface area contributed by atoms with Crippen molar-refractivity contribution >= 4 is 22.6 Å². The van der Waals surface area contributed by atoms with Crippen LogP contribution in [0.25, 0.3) is 22.3 Å². The zero-order valence-corrected chi connectivity index (χ0v) is 18.2. The monoisotopic (exact) mass is 450 g/mol. The normalized spacial score (nSPS) is 11.0. The minimum Gasteiger partial charge on any atom is -0.484 e. The number of nitrogens with zero attached hydrogens (tertiary/aromatic N) is 2. The molecule has 0 saturated carbocycles. The largest absolute Gasteiger partial charge is 0.484 e. The van der Waals surface area contributed by atoms with Gasteiger partial charge in [-0.2, -0.15) is 0 Å². The van der Waals surface area contributed by atoms with Crippen LogP contribution in [0.4, 0.5) is 10.1 Å². The summed E-state index contributed by atoms with van der Waals surface area (Å²) in [4.78, 5) is 40.2. The number of halogens is 1. The number of nitrogens with one attached hydrogen (secondary N) is 2. The summed E-state index contributed by atoms with van der Waals surface area (Å²) < 4.78 is 21.2. The molecule has 0 radical (unpaired) electrons. The average Bonchev–Trinajstić information content (AvgIpc) is 3.26. The smallest absolute Gasteiger partial charge is 0.331 e. The van der Waals surface area contributed by atoms with Crippen LogP contribution in [0, 0.1) is 5.82 Å². The lowest BCUT2D eigenvalue weighted by molar-refractivity contribution is -0.118. The first kappa shape index (κ1) is 22.1. The van der Waals surface area contributed by atoms with E-state index in [4.69, 9.17) is 4.74 Å². The number of hydrogen-bond acceptors (Lipinski definition) is 4. The molecule has 0 saturated heterocycles. The lowest BCUT2D eigenvalue weighted by Crippen LogP contribution is -2.38. The third-order valence-corrected chi connectivity index (χ3v) is 5.23. The molecule has 33 heavy (non-hydrogen) atoms. The number of rotatable bonds is 7. The van der Waals surface area contributed by atoms with E-state index in [0.717, 1.165) is 16.6 Å². The SMILES string of the molecule is CCCn1c(=O)n(C)c(=O)c2[nH]c(-c3ccc(OCC(=O)Nc4ccc(F)cc4)cc3)cc21. The predicted molar refractivity (Wildman–Crippen MR) is 124 cm³/mol. The quantitative estimate of drug-likeness (QED) is 0.452. The Kier molecular flexibility index (Phi) is 6.12. The molecule has 0 aliphatic rings. The van der Waals surface area contributed by atoms with Crippen molar-refractivity contribution in [2.24, 2.45) is 7.05 Å². The van der Waals surface area contributed by atoms with E-state index in [0.29, 0.717) is 34.7 Å². The van der Waals surface area contributed by atoms with E-state index in [2.05, 4.69) is 10.3 Å². The Balaban J connectivity index is 1.50. The third-order valence-electron chi connectivity index (χ3n) is 5.23. The number of ether oxygens (including phenoxy) is 1. The maximum atomic E-state index is 12.9. The van der Waals surface area contributed by atoms with Crippen molar-refractivity contribution in [3.8, 4) is 17.0 Å². The first-order valence-corrected chi connectivity index (χ1v) is 10.5. The highest BCUT2D eigenvalue weighted by molar-refractivity contribution is 5.91. The summed E-state index contributed by atoms with van der Waals surface area (Å²) in [6, 6.07) is 14.3. The summed E-state index contributed by atoms with van der Waals surface area (Å²) >= 11 is 0. The summed E-state index contributed by atoms with van der Waals surface area (Å²) in [5.41, 5.74) is 2.19. The standard InChI is InChI=1S/C24H23FN4O4/c1-3-12-29-20-13-19(27-22(20)23(31)28(2)24(29)32)15-4-10-18(11-5-15)33-14-21(30)26-17-8-6-16(25)7-9-17/h4-11,13,27H,3,12,14H2,1-2H3,(H,26,30). The number of carbonyl (C=O) groups is 1. The minimum atomic E-state index is -0.381. The predicted octanol–water partition coefficient (Wildman–Crippen LogP) is 3.26. The van der Waals surface area contributed by atoms with Crippen LogP contribution in [0.3, 0.4) is 0 Å². The van der Waals surface area contributed by atoms with E-state index in [9.17, 15) is 18.8 Å². The summed E-state index contributed by atoms with van der Waals surface area (Å²) in [6.07, 6.45) is 0.758. The highest BCUT2D eigenvalue weighted by Gasteiger charge is 2.14. The summed E-state index contributed by atoms with van der Waals surface area (Å²) in [6.45, 7) is 2.27. The fraction of sp³-hybridized carbons (Fsp3) is 0.208. The van der Waals surface area contributed by atoms with Crippen molar-refractivity contribution in [2.75, 3.05) is 11.9 Å². The van der Waals surface area contributed by atoms with Crippen LogP contribution in [-0.2, 0) is 18.4 Å². The number of amides is 1. The van der Waals surface area contributed by atoms with Crippen molar-refractivity contribution in [1.29, 1.82) is 0 Å². The molecule has 0 aliphatic carbocycles. The van der Waals surface area contributed by atoms with Crippen LogP contribution in [0.2, 0.25) is 0 Å². The van der Waals surface area contributed by atoms with Gasteiger partial charge in [-0.25, -0.2) is 9.18 Å². The number of anilines is 1. The van der Waals surface area contributed by atoms with E-state index >= 15 is 0 Å². The van der Waals surface area contributed by atoms with Crippen LogP contribution >= 0.6 is 0 Å². The fourth-order valence-electron chi connectivity index (χ4n) is 3.56. The molecular weight excluding hydrogens is 427 g/mol. The van der Waals surface area contributed by atoms with Crippen LogP contribution in [0.1, 0.15) is 13.3 Å². The van der Waals surface area contributed by atoms with Gasteiger partial charge in [-0.15, -0.1) is 0 Å². The number of hydrogen-bond donors (Lipinski definition) is 2. The van der Waals surface area contributed by atoms with Gasteiger partial charge in [0.2, 0.25) is 0 Å². The zero-order valence-electron chi connectivity index (χ0n) is 18.2. The average molecular weight is 450 g/mol. The molecule has 0 aliphatic heterocycles. The number of aromatic nitrogens is 3. The first-order valence-electron chi connectivity index (χ1n) is 10.5. The van der Waals surface area contributed by atoms with Crippen molar-refractivity contribution in [1.82, 2.24) is 14.1 Å². The highest BCUT2D eigenvalue weighted by Crippen LogP contribution is 2.24. The Hall–Kier alpha value is -4.14. The number of carbonyl (C=O) groups excluding carboxylic acids is 1. The van der Waals surface area contributed by atoms with Gasteiger partial charge in [-0.1, -0.05) is 6.92 Å². The molecule has 2 aromatic carbocycles. The van der Waals surface area contributed by atoms with E-state index in [1.54, 1.807) is 34.9 Å². The maximum absolute atomic E-state index is 12.9. The Bertz CT molecular complexity index is 1420. The van der Waals surface area contributed by atoms with Crippen molar-refractivity contribution in [3.05, 3.63) is 81.3 Å². The first-order chi connectivity index (χ1) is 15.9. The van der Waals surface area contributed by atoms with Gasteiger partial charge < -0.3 is 15.0 Å². The van der Waals surface area contributed by atoms with Crippen LogP contribution in [-0.4, -0.2) is 26.6 Å². The number of aryl methyl sites for hydroxylation is 1. The van der Waals surface area contributed by atoms with Gasteiger partial charge in [0, 0.05) is 25.0 Å². The number of fused-ring (bicyclic) bond motifs is 1. The molecule has 1 amide bonds. The molecule has 2 heterocycles. The highest BCUT2D eigenvalue weighted by atomic mass is 19.1. The number of benzene rings is 2. The molecule has 0 unspecified atom stereocenters. The van der Waals surface area contributed by atoms with Gasteiger partial charge >= 0.3 is 5.69 Å². The van der Waals surface area contributed by atoms with E-state index in [1.807, 2.05) is 6.92 Å². The molecule has 0 atom stereocenters. The Morgan fingerprint density at radius 1 is 1.09 bits per heavy atom. The molecule has 2 N–H and O–H groups in total. The number of aromatic amines is 1. The second-order valence-electron chi connectivity index (χ2n) is 7.61. The maximum Gasteiger partial charge on any atom is 0.331 e. The van der Waals surface area contributed by atoms with Crippen LogP contribution in [0.5, 0.6) is 5.75 Å². The van der Waals surface area contributed by atoms with Gasteiger partial charge in [0.15, 0.2) is 6.61 Å². The Morgan fingerprint density at radius 2 is 1.79 bits per heavy atom. The van der Waals surface area contributed by atoms with Crippen molar-refractivity contribution < 1.29 is 13.9 Å². The summed E-state index contributed by atoms with van der Waals surface area (Å²) in [5.74, 6) is -0.262. The van der Waals surface area contributed by atoms with Crippen LogP contribution in [0.15, 0.2) is 64.2 Å². The summed E-state index contributed by atoms with van der Waals surface area (Å²) in [7, 11) is 1.47. The molecule has 4 aromatic rings. The van der Waals surface area contributed by atoms with Gasteiger partial charge in [0.1, 0.15) is 17.1 Å². The Labute approximate surface area is 188 Å². The fourth-order valence-corrected chi connectivity index (χ4v) is 3.56. The molecule has 8 nitrogen and oxygen atoms in total. The molecule has 9 heteroatoms. The van der Waals surface area contributed by atoms with Crippen molar-refractivity contribution in [3.63, 3.8) is 0 Å². The van der Waals surface area contributed by atoms with E-state index in [1.165, 1.54) is 31.3 Å². The molecule has 2 aromatic heterocycles. The van der Waals surface area contributed by atoms with E-state index in [-0.39, 0.29) is 29.6 Å². The Morgan fingerprint density at radius 3 is 2.45 bits per heavy atom. The van der Waals surface area contributed by atoms with Crippen molar-refractivity contribution in [2.45, 2.75) is 19.9 Å². The second kappa shape index (κ2) is 9.15. The van der Waals surface area contributed by atoms with Crippen LogP contribution < -0.4 is 21.3 Å².